The van der Waals surface area contributed by atoms with Crippen LogP contribution in [0.2, 0.25) is 0 Å². The van der Waals surface area contributed by atoms with E-state index in [2.05, 4.69) is 4.90 Å². The third-order valence-corrected chi connectivity index (χ3v) is 6.21. The lowest BCUT2D eigenvalue weighted by atomic mass is 10.1. The lowest BCUT2D eigenvalue weighted by Crippen LogP contribution is -2.59. The van der Waals surface area contributed by atoms with Crippen molar-refractivity contribution in [3.8, 4) is 5.75 Å². The Morgan fingerprint density at radius 1 is 1.00 bits per heavy atom. The highest BCUT2D eigenvalue weighted by molar-refractivity contribution is 5.99. The van der Waals surface area contributed by atoms with Crippen LogP contribution in [0.15, 0.2) is 54.6 Å². The number of benzene rings is 2. The molecule has 4 rings (SSSR count). The molecule has 2 fully saturated rings. The molecule has 2 aromatic rings. The zero-order valence-electron chi connectivity index (χ0n) is 18.7. The summed E-state index contributed by atoms with van der Waals surface area (Å²) in [6.07, 6.45) is 1.46. The molecule has 0 bridgehead atoms. The molecule has 2 saturated heterocycles. The van der Waals surface area contributed by atoms with E-state index < -0.39 is 11.9 Å². The molecule has 3 amide bonds. The summed E-state index contributed by atoms with van der Waals surface area (Å²) in [4.78, 5) is 43.0. The van der Waals surface area contributed by atoms with Gasteiger partial charge in [0, 0.05) is 39.1 Å². The van der Waals surface area contributed by atoms with E-state index in [4.69, 9.17) is 10.5 Å². The van der Waals surface area contributed by atoms with Crippen molar-refractivity contribution in [2.24, 2.45) is 5.73 Å². The van der Waals surface area contributed by atoms with Crippen LogP contribution in [0, 0.1) is 0 Å². The van der Waals surface area contributed by atoms with Crippen LogP contribution >= 0.6 is 0 Å². The van der Waals surface area contributed by atoms with Crippen molar-refractivity contribution in [1.82, 2.24) is 14.7 Å². The molecule has 0 aromatic heterocycles. The number of rotatable bonds is 8. The second kappa shape index (κ2) is 10.5. The number of amides is 3. The minimum atomic E-state index is -0.717. The topological polar surface area (TPSA) is 96.2 Å². The Labute approximate surface area is 193 Å². The summed E-state index contributed by atoms with van der Waals surface area (Å²) in [5.74, 6) is -0.206. The molecular weight excluding hydrogens is 420 g/mol. The van der Waals surface area contributed by atoms with Gasteiger partial charge in [0.25, 0.3) is 5.91 Å². The van der Waals surface area contributed by atoms with Crippen LogP contribution in [0.4, 0.5) is 0 Å². The monoisotopic (exact) mass is 450 g/mol. The molecule has 8 nitrogen and oxygen atoms in total. The van der Waals surface area contributed by atoms with E-state index in [0.717, 1.165) is 18.5 Å². The highest BCUT2D eigenvalue weighted by atomic mass is 16.5. The van der Waals surface area contributed by atoms with Crippen molar-refractivity contribution in [2.45, 2.75) is 25.4 Å². The molecule has 2 heterocycles. The normalized spacial score (nSPS) is 19.0. The molecule has 174 valence electrons. The van der Waals surface area contributed by atoms with Gasteiger partial charge in [-0.2, -0.15) is 0 Å². The van der Waals surface area contributed by atoms with Gasteiger partial charge in [-0.05, 0) is 24.1 Å². The maximum Gasteiger partial charge on any atom is 0.258 e. The quantitative estimate of drug-likeness (QED) is 0.658. The van der Waals surface area contributed by atoms with E-state index in [-0.39, 0.29) is 11.8 Å². The Bertz CT molecular complexity index is 997. The molecule has 8 heteroatoms. The first kappa shape index (κ1) is 22.8. The van der Waals surface area contributed by atoms with E-state index in [1.54, 1.807) is 34.1 Å². The minimum absolute atomic E-state index is 0.139. The summed E-state index contributed by atoms with van der Waals surface area (Å²) in [6, 6.07) is 16.3. The molecule has 1 atom stereocenters. The standard InChI is InChI=1S/C25H30N4O4/c26-24(31)21-18-27(17-19-7-2-1-3-8-19)13-14-29(21)25(32)20-9-4-5-10-22(20)33-16-15-28-12-6-11-23(28)30/h1-5,7-10,21H,6,11-18H2,(H2,26,31). The predicted molar refractivity (Wildman–Crippen MR) is 123 cm³/mol. The SMILES string of the molecule is NC(=O)C1CN(Cc2ccccc2)CCN1C(=O)c1ccccc1OCCN1CCCC1=O. The molecule has 2 N–H and O–H groups in total. The van der Waals surface area contributed by atoms with Gasteiger partial charge in [0.05, 0.1) is 12.1 Å². The zero-order valence-corrected chi connectivity index (χ0v) is 18.7. The van der Waals surface area contributed by atoms with Crippen molar-refractivity contribution in [2.75, 3.05) is 39.3 Å². The number of primary amides is 1. The molecule has 33 heavy (non-hydrogen) atoms. The van der Waals surface area contributed by atoms with Gasteiger partial charge in [-0.15, -0.1) is 0 Å². The number of hydrogen-bond donors (Lipinski definition) is 1. The van der Waals surface area contributed by atoms with Crippen LogP contribution < -0.4 is 10.5 Å². The Hall–Kier alpha value is -3.39. The van der Waals surface area contributed by atoms with Crippen LogP contribution in [0.5, 0.6) is 5.75 Å². The molecule has 0 radical (unpaired) electrons. The van der Waals surface area contributed by atoms with E-state index in [9.17, 15) is 14.4 Å². The summed E-state index contributed by atoms with van der Waals surface area (Å²) < 4.78 is 5.89. The number of piperazine rings is 1. The maximum absolute atomic E-state index is 13.4. The number of hydrogen-bond acceptors (Lipinski definition) is 5. The van der Waals surface area contributed by atoms with E-state index in [1.165, 1.54) is 0 Å². The second-order valence-corrected chi connectivity index (χ2v) is 8.47. The Morgan fingerprint density at radius 3 is 2.48 bits per heavy atom. The van der Waals surface area contributed by atoms with Gasteiger partial charge < -0.3 is 20.3 Å². The van der Waals surface area contributed by atoms with Crippen LogP contribution in [-0.4, -0.2) is 77.8 Å². The summed E-state index contributed by atoms with van der Waals surface area (Å²) in [7, 11) is 0. The molecule has 2 aliphatic rings. The van der Waals surface area contributed by atoms with Crippen LogP contribution in [0.25, 0.3) is 0 Å². The maximum atomic E-state index is 13.4. The number of nitrogens with zero attached hydrogens (tertiary/aromatic N) is 3. The Balaban J connectivity index is 1.42. The van der Waals surface area contributed by atoms with Gasteiger partial charge in [0.15, 0.2) is 0 Å². The number of para-hydroxylation sites is 1. The fraction of sp³-hybridized carbons (Fsp3) is 0.400. The van der Waals surface area contributed by atoms with Crippen LogP contribution in [0.3, 0.4) is 0 Å². The van der Waals surface area contributed by atoms with Gasteiger partial charge in [0.1, 0.15) is 18.4 Å². The fourth-order valence-corrected chi connectivity index (χ4v) is 4.44. The van der Waals surface area contributed by atoms with Gasteiger partial charge in [-0.3, -0.25) is 19.3 Å². The van der Waals surface area contributed by atoms with E-state index >= 15 is 0 Å². The fourth-order valence-electron chi connectivity index (χ4n) is 4.44. The number of carbonyl (C=O) groups is 3. The van der Waals surface area contributed by atoms with Crippen LogP contribution in [0.1, 0.15) is 28.8 Å². The molecule has 0 spiro atoms. The largest absolute Gasteiger partial charge is 0.491 e. The van der Waals surface area contributed by atoms with Crippen molar-refractivity contribution < 1.29 is 19.1 Å². The number of nitrogens with two attached hydrogens (primary N) is 1. The first-order valence-electron chi connectivity index (χ1n) is 11.4. The van der Waals surface area contributed by atoms with Crippen molar-refractivity contribution in [3.63, 3.8) is 0 Å². The van der Waals surface area contributed by atoms with Crippen LogP contribution in [-0.2, 0) is 16.1 Å². The van der Waals surface area contributed by atoms with Crippen molar-refractivity contribution >= 4 is 17.7 Å². The van der Waals surface area contributed by atoms with E-state index in [1.807, 2.05) is 30.3 Å². The average molecular weight is 451 g/mol. The van der Waals surface area contributed by atoms with E-state index in [0.29, 0.717) is 57.1 Å². The lowest BCUT2D eigenvalue weighted by molar-refractivity contribution is -0.128. The van der Waals surface area contributed by atoms with Crippen molar-refractivity contribution in [1.29, 1.82) is 0 Å². The number of likely N-dealkylation sites (tertiary alicyclic amines) is 1. The molecule has 1 unspecified atom stereocenters. The predicted octanol–water partition coefficient (Wildman–Crippen LogP) is 1.50. The Kier molecular flexibility index (Phi) is 7.24. The molecule has 0 saturated carbocycles. The molecule has 0 aliphatic carbocycles. The minimum Gasteiger partial charge on any atom is -0.491 e. The molecular formula is C25H30N4O4. The summed E-state index contributed by atoms with van der Waals surface area (Å²) in [6.45, 7) is 3.66. The summed E-state index contributed by atoms with van der Waals surface area (Å²) in [5, 5.41) is 0. The van der Waals surface area contributed by atoms with Gasteiger partial charge >= 0.3 is 0 Å². The smallest absolute Gasteiger partial charge is 0.258 e. The number of ether oxygens (including phenoxy) is 1. The average Bonchev–Trinajstić information content (AvgIpc) is 3.24. The Morgan fingerprint density at radius 2 is 1.76 bits per heavy atom. The number of carbonyl (C=O) groups excluding carboxylic acids is 3. The first-order valence-corrected chi connectivity index (χ1v) is 11.4. The first-order chi connectivity index (χ1) is 16.0. The highest BCUT2D eigenvalue weighted by Crippen LogP contribution is 2.23. The molecule has 2 aliphatic heterocycles. The summed E-state index contributed by atoms with van der Waals surface area (Å²) in [5.41, 5.74) is 7.25. The van der Waals surface area contributed by atoms with Gasteiger partial charge in [-0.1, -0.05) is 42.5 Å². The molecule has 2 aromatic carbocycles. The summed E-state index contributed by atoms with van der Waals surface area (Å²) >= 11 is 0. The van der Waals surface area contributed by atoms with Crippen molar-refractivity contribution in [3.05, 3.63) is 65.7 Å². The third-order valence-electron chi connectivity index (χ3n) is 6.21. The third kappa shape index (κ3) is 5.51. The van der Waals surface area contributed by atoms with Gasteiger partial charge in [0.2, 0.25) is 11.8 Å². The zero-order chi connectivity index (χ0) is 23.2. The lowest BCUT2D eigenvalue weighted by Gasteiger charge is -2.40. The second-order valence-electron chi connectivity index (χ2n) is 8.47. The highest BCUT2D eigenvalue weighted by Gasteiger charge is 2.35. The van der Waals surface area contributed by atoms with Gasteiger partial charge in [-0.25, -0.2) is 0 Å².